The number of pyridine rings is 1. The number of rotatable bonds is 6. The second-order valence-corrected chi connectivity index (χ2v) is 5.32. The van der Waals surface area contributed by atoms with Gasteiger partial charge in [0.1, 0.15) is 0 Å². The number of carbonyl (C=O) groups excluding carboxylic acids is 1. The highest BCUT2D eigenvalue weighted by Crippen LogP contribution is 2.17. The molecule has 5 nitrogen and oxygen atoms in total. The van der Waals surface area contributed by atoms with E-state index in [1.54, 1.807) is 0 Å². The molecule has 2 rings (SSSR count). The van der Waals surface area contributed by atoms with Crippen LogP contribution >= 0.6 is 0 Å². The van der Waals surface area contributed by atoms with E-state index >= 15 is 0 Å². The normalized spacial score (nSPS) is 19.8. The number of aromatic nitrogens is 1. The molecule has 1 unspecified atom stereocenters. The Balaban J connectivity index is 1.77. The average molecular weight is 276 g/mol. The zero-order valence-electron chi connectivity index (χ0n) is 11.9. The van der Waals surface area contributed by atoms with Crippen LogP contribution in [0.5, 0.6) is 0 Å². The molecule has 0 aromatic carbocycles. The van der Waals surface area contributed by atoms with E-state index in [1.807, 2.05) is 12.4 Å². The molecule has 1 fully saturated rings. The minimum Gasteiger partial charge on any atom is -0.355 e. The Bertz CT molecular complexity index is 410. The third-order valence-electron chi connectivity index (χ3n) is 3.79. The molecule has 1 saturated heterocycles. The van der Waals surface area contributed by atoms with Gasteiger partial charge >= 0.3 is 0 Å². The third-order valence-corrected chi connectivity index (χ3v) is 3.79. The van der Waals surface area contributed by atoms with E-state index in [9.17, 15) is 4.79 Å². The van der Waals surface area contributed by atoms with Crippen LogP contribution in [0.4, 0.5) is 0 Å². The SMILES string of the molecule is NCCNC(=O)C1CCCN(CCc2ccncc2)C1. The van der Waals surface area contributed by atoms with Crippen molar-refractivity contribution in [2.45, 2.75) is 19.3 Å². The van der Waals surface area contributed by atoms with Crippen LogP contribution in [-0.4, -0.2) is 48.5 Å². The van der Waals surface area contributed by atoms with Gasteiger partial charge in [0.15, 0.2) is 0 Å². The van der Waals surface area contributed by atoms with Crippen molar-refractivity contribution in [1.29, 1.82) is 0 Å². The van der Waals surface area contributed by atoms with Crippen molar-refractivity contribution in [3.05, 3.63) is 30.1 Å². The maximum atomic E-state index is 12.0. The van der Waals surface area contributed by atoms with Crippen LogP contribution in [0.2, 0.25) is 0 Å². The van der Waals surface area contributed by atoms with Gasteiger partial charge in [0.25, 0.3) is 0 Å². The van der Waals surface area contributed by atoms with E-state index in [0.717, 1.165) is 38.9 Å². The van der Waals surface area contributed by atoms with Gasteiger partial charge in [-0.1, -0.05) is 0 Å². The number of nitrogens with two attached hydrogens (primary N) is 1. The zero-order chi connectivity index (χ0) is 14.2. The van der Waals surface area contributed by atoms with Crippen molar-refractivity contribution < 1.29 is 4.79 Å². The van der Waals surface area contributed by atoms with Crippen LogP contribution in [0.3, 0.4) is 0 Å². The molecule has 0 saturated carbocycles. The molecule has 1 aromatic rings. The molecule has 1 amide bonds. The number of likely N-dealkylation sites (tertiary alicyclic amines) is 1. The molecule has 2 heterocycles. The first kappa shape index (κ1) is 14.9. The van der Waals surface area contributed by atoms with Crippen molar-refractivity contribution >= 4 is 5.91 Å². The molecule has 1 aliphatic heterocycles. The average Bonchev–Trinajstić information content (AvgIpc) is 2.52. The van der Waals surface area contributed by atoms with E-state index in [0.29, 0.717) is 13.1 Å². The van der Waals surface area contributed by atoms with E-state index in [1.165, 1.54) is 5.56 Å². The fourth-order valence-electron chi connectivity index (χ4n) is 2.65. The summed E-state index contributed by atoms with van der Waals surface area (Å²) in [5.41, 5.74) is 6.72. The Hall–Kier alpha value is -1.46. The van der Waals surface area contributed by atoms with Gasteiger partial charge in [0, 0.05) is 38.6 Å². The molecule has 5 heteroatoms. The van der Waals surface area contributed by atoms with Gasteiger partial charge < -0.3 is 16.0 Å². The van der Waals surface area contributed by atoms with Gasteiger partial charge in [-0.05, 0) is 43.5 Å². The number of hydrogen-bond donors (Lipinski definition) is 2. The van der Waals surface area contributed by atoms with Crippen molar-refractivity contribution in [3.8, 4) is 0 Å². The van der Waals surface area contributed by atoms with Crippen molar-refractivity contribution in [1.82, 2.24) is 15.2 Å². The van der Waals surface area contributed by atoms with Crippen LogP contribution < -0.4 is 11.1 Å². The second-order valence-electron chi connectivity index (χ2n) is 5.32. The lowest BCUT2D eigenvalue weighted by Crippen LogP contribution is -2.44. The summed E-state index contributed by atoms with van der Waals surface area (Å²) in [7, 11) is 0. The number of amides is 1. The van der Waals surface area contributed by atoms with E-state index in [2.05, 4.69) is 27.3 Å². The zero-order valence-corrected chi connectivity index (χ0v) is 11.9. The smallest absolute Gasteiger partial charge is 0.224 e. The Kier molecular flexibility index (Phi) is 5.95. The molecular weight excluding hydrogens is 252 g/mol. The third kappa shape index (κ3) is 4.58. The van der Waals surface area contributed by atoms with Gasteiger partial charge in [0.2, 0.25) is 5.91 Å². The maximum Gasteiger partial charge on any atom is 0.224 e. The van der Waals surface area contributed by atoms with Gasteiger partial charge in [-0.3, -0.25) is 9.78 Å². The van der Waals surface area contributed by atoms with Gasteiger partial charge in [-0.2, -0.15) is 0 Å². The van der Waals surface area contributed by atoms with E-state index in [4.69, 9.17) is 5.73 Å². The highest BCUT2D eigenvalue weighted by molar-refractivity contribution is 5.78. The molecule has 20 heavy (non-hydrogen) atoms. The summed E-state index contributed by atoms with van der Waals surface area (Å²) in [4.78, 5) is 18.4. The van der Waals surface area contributed by atoms with Gasteiger partial charge in [0.05, 0.1) is 5.92 Å². The molecule has 0 aliphatic carbocycles. The minimum absolute atomic E-state index is 0.118. The first-order valence-corrected chi connectivity index (χ1v) is 7.38. The van der Waals surface area contributed by atoms with Crippen molar-refractivity contribution in [2.24, 2.45) is 11.7 Å². The second kappa shape index (κ2) is 7.97. The Morgan fingerprint density at radius 2 is 2.25 bits per heavy atom. The topological polar surface area (TPSA) is 71.2 Å². The number of hydrogen-bond acceptors (Lipinski definition) is 4. The molecule has 0 radical (unpaired) electrons. The number of nitrogens with one attached hydrogen (secondary N) is 1. The van der Waals surface area contributed by atoms with Crippen LogP contribution in [-0.2, 0) is 11.2 Å². The Morgan fingerprint density at radius 3 is 3.00 bits per heavy atom. The lowest BCUT2D eigenvalue weighted by atomic mass is 9.96. The van der Waals surface area contributed by atoms with Crippen LogP contribution in [0.1, 0.15) is 18.4 Å². The molecule has 3 N–H and O–H groups in total. The number of carbonyl (C=O) groups is 1. The Morgan fingerprint density at radius 1 is 1.45 bits per heavy atom. The predicted octanol–water partition coefficient (Wildman–Crippen LogP) is 0.411. The monoisotopic (exact) mass is 276 g/mol. The minimum atomic E-state index is 0.118. The van der Waals surface area contributed by atoms with Crippen LogP contribution in [0, 0.1) is 5.92 Å². The Labute approximate surface area is 120 Å². The molecule has 1 atom stereocenters. The summed E-state index contributed by atoms with van der Waals surface area (Å²) in [5, 5.41) is 2.90. The van der Waals surface area contributed by atoms with E-state index < -0.39 is 0 Å². The number of piperidine rings is 1. The van der Waals surface area contributed by atoms with Gasteiger partial charge in [-0.15, -0.1) is 0 Å². The molecule has 0 bridgehead atoms. The first-order valence-electron chi connectivity index (χ1n) is 7.38. The molecule has 1 aromatic heterocycles. The molecule has 110 valence electrons. The number of nitrogens with zero attached hydrogens (tertiary/aromatic N) is 2. The highest BCUT2D eigenvalue weighted by atomic mass is 16.1. The van der Waals surface area contributed by atoms with Crippen molar-refractivity contribution in [2.75, 3.05) is 32.7 Å². The summed E-state index contributed by atoms with van der Waals surface area (Å²) in [6, 6.07) is 4.10. The maximum absolute atomic E-state index is 12.0. The summed E-state index contributed by atoms with van der Waals surface area (Å²) < 4.78 is 0. The fourth-order valence-corrected chi connectivity index (χ4v) is 2.65. The quantitative estimate of drug-likeness (QED) is 0.789. The molecule has 0 spiro atoms. The predicted molar refractivity (Wildman–Crippen MR) is 79.2 cm³/mol. The summed E-state index contributed by atoms with van der Waals surface area (Å²) in [6.45, 7) is 4.04. The van der Waals surface area contributed by atoms with Crippen molar-refractivity contribution in [3.63, 3.8) is 0 Å². The summed E-state index contributed by atoms with van der Waals surface area (Å²) in [5.74, 6) is 0.275. The van der Waals surface area contributed by atoms with E-state index in [-0.39, 0.29) is 11.8 Å². The highest BCUT2D eigenvalue weighted by Gasteiger charge is 2.25. The standard InChI is InChI=1S/C15H24N4O/c16-6-9-18-15(20)14-2-1-10-19(12-14)11-5-13-3-7-17-8-4-13/h3-4,7-8,14H,1-2,5-6,9-12,16H2,(H,18,20). The van der Waals surface area contributed by atoms with Crippen LogP contribution in [0.15, 0.2) is 24.5 Å². The molecular formula is C15H24N4O. The van der Waals surface area contributed by atoms with Gasteiger partial charge in [-0.25, -0.2) is 0 Å². The lowest BCUT2D eigenvalue weighted by molar-refractivity contribution is -0.126. The molecule has 1 aliphatic rings. The fraction of sp³-hybridized carbons (Fsp3) is 0.600. The summed E-state index contributed by atoms with van der Waals surface area (Å²) in [6.07, 6.45) is 6.75. The first-order chi connectivity index (χ1) is 9.79. The summed E-state index contributed by atoms with van der Waals surface area (Å²) >= 11 is 0. The lowest BCUT2D eigenvalue weighted by Gasteiger charge is -2.32. The largest absolute Gasteiger partial charge is 0.355 e. The van der Waals surface area contributed by atoms with Crippen LogP contribution in [0.25, 0.3) is 0 Å².